The van der Waals surface area contributed by atoms with Crippen LogP contribution in [-0.2, 0) is 0 Å². The first-order valence-corrected chi connectivity index (χ1v) is 2.03. The fourth-order valence-electron chi connectivity index (χ4n) is 0. The van der Waals surface area contributed by atoms with E-state index in [0.29, 0.717) is 0 Å². The molecule has 0 aliphatic rings. The molecule has 0 aromatic heterocycles. The predicted molar refractivity (Wildman–Crippen MR) is 10.2 cm³/mol. The van der Waals surface area contributed by atoms with E-state index in [0.717, 1.165) is 0 Å². The molecule has 32 valence electrons. The van der Waals surface area contributed by atoms with E-state index in [9.17, 15) is 0 Å². The molecule has 3 heteroatoms. The third kappa shape index (κ3) is 20.0. The zero-order valence-corrected chi connectivity index (χ0v) is 9.16. The van der Waals surface area contributed by atoms with Crippen LogP contribution >= 0.6 is 0 Å². The standard InChI is InChI=1S/C2H3.Eu.2HI/c1-2;;;/h1H,2H2;;2*1H/q;+2;;/p-2. The second kappa shape index (κ2) is 15.9. The van der Waals surface area contributed by atoms with E-state index in [1.807, 2.05) is 0 Å². The molecule has 0 spiro atoms. The van der Waals surface area contributed by atoms with Crippen molar-refractivity contribution in [1.29, 1.82) is 0 Å². The van der Waals surface area contributed by atoms with Crippen molar-refractivity contribution in [3.05, 3.63) is 7.05 Å². The maximum absolute atomic E-state index is 3.39. The van der Waals surface area contributed by atoms with Gasteiger partial charge in [-0.05, 0) is 0 Å². The van der Waals surface area contributed by atoms with E-state index >= 15 is 0 Å². The molecule has 0 saturated carbocycles. The molecule has 0 rings (SSSR count). The third-order valence-corrected chi connectivity index (χ3v) is 0. The molecule has 0 aliphatic heterocycles. The number of hydrogen-bond donors (Lipinski definition) is 0. The van der Waals surface area contributed by atoms with Crippen molar-refractivity contribution in [3.8, 4) is 0 Å². The van der Waals surface area contributed by atoms with E-state index in [1.54, 1.807) is 47.5 Å². The van der Waals surface area contributed by atoms with Gasteiger partial charge in [0.1, 0.15) is 0 Å². The van der Waals surface area contributed by atoms with Crippen LogP contribution < -0.4 is 48.0 Å². The summed E-state index contributed by atoms with van der Waals surface area (Å²) in [4.78, 5) is 0. The van der Waals surface area contributed by atoms with Crippen LogP contribution in [0.15, 0.2) is 7.05 Å². The molecule has 0 N–H and O–H groups in total. The molecular formula is C2H3EuI2. The zero-order valence-electron chi connectivity index (χ0n) is 2.42. The van der Waals surface area contributed by atoms with Gasteiger partial charge in [0.15, 0.2) is 0 Å². The summed E-state index contributed by atoms with van der Waals surface area (Å²) in [6.07, 6.45) is 0. The molecule has 0 atom stereocenters. The number of hydrogen-bond acceptors (Lipinski definition) is 0. The van der Waals surface area contributed by atoms with Gasteiger partial charge in [-0.2, -0.15) is 0 Å². The minimum atomic E-state index is 0. The van der Waals surface area contributed by atoms with E-state index < -0.39 is 0 Å². The van der Waals surface area contributed by atoms with Crippen LogP contribution in [0, 0.1) is 47.0 Å². The molecule has 0 nitrogen and oxygen atoms in total. The van der Waals surface area contributed by atoms with Gasteiger partial charge in [0.2, 0.25) is 0 Å². The molecule has 0 radical (unpaired) electrons. The van der Waals surface area contributed by atoms with Crippen molar-refractivity contribution in [2.45, 2.75) is 0 Å². The van der Waals surface area contributed by atoms with Crippen molar-refractivity contribution in [1.82, 2.24) is 0 Å². The largest absolute Gasteiger partial charge is 1.00 e. The van der Waals surface area contributed by atoms with Crippen molar-refractivity contribution in [3.63, 3.8) is 0 Å². The van der Waals surface area contributed by atoms with Gasteiger partial charge >= 0.3 is 54.1 Å². The van der Waals surface area contributed by atoms with Crippen LogP contribution in [-0.4, -0.2) is 0 Å². The molecule has 0 aromatic carbocycles. The fourth-order valence-corrected chi connectivity index (χ4v) is 0. The average molecular weight is 433 g/mol. The van der Waals surface area contributed by atoms with Gasteiger partial charge in [-0.1, -0.05) is 0 Å². The molecule has 5 heavy (non-hydrogen) atoms. The summed E-state index contributed by atoms with van der Waals surface area (Å²) in [5.41, 5.74) is 0. The van der Waals surface area contributed by atoms with Gasteiger partial charge < -0.3 is 48.0 Å². The molecule has 0 amide bonds. The van der Waals surface area contributed by atoms with Gasteiger partial charge in [-0.3, -0.25) is 0 Å². The molecule has 0 aromatic rings. The summed E-state index contributed by atoms with van der Waals surface area (Å²) in [7, 11) is 0. The predicted octanol–water partition coefficient (Wildman–Crippen LogP) is -5.31. The molecule has 0 fully saturated rings. The molecular weight excluding hydrogens is 430 g/mol. The van der Waals surface area contributed by atoms with Crippen molar-refractivity contribution < 1.29 is 95.0 Å². The first kappa shape index (κ1) is 15.7. The van der Waals surface area contributed by atoms with Crippen LogP contribution in [0.1, 0.15) is 0 Å². The normalized spacial score (nSPS) is 2.40. The summed E-state index contributed by atoms with van der Waals surface area (Å²) in [6.45, 7) is 3.39. The van der Waals surface area contributed by atoms with Crippen LogP contribution in [0.4, 0.5) is 0 Å². The van der Waals surface area contributed by atoms with Crippen LogP contribution in [0.25, 0.3) is 0 Å². The average Bonchev–Trinajstić information content (AvgIpc) is 0.918. The third-order valence-electron chi connectivity index (χ3n) is 0. The van der Waals surface area contributed by atoms with Crippen molar-refractivity contribution in [2.75, 3.05) is 0 Å². The van der Waals surface area contributed by atoms with E-state index in [1.165, 1.54) is 0 Å². The van der Waals surface area contributed by atoms with Crippen molar-refractivity contribution in [2.24, 2.45) is 0 Å². The summed E-state index contributed by atoms with van der Waals surface area (Å²) in [6, 6.07) is 0. The first-order chi connectivity index (χ1) is 1.41. The summed E-state index contributed by atoms with van der Waals surface area (Å²) < 4.78 is 1.81. The topological polar surface area (TPSA) is 0 Å². The SMILES string of the molecule is C=[CH][Eu+2].[I-].[I-]. The van der Waals surface area contributed by atoms with Crippen LogP contribution in [0.2, 0.25) is 0 Å². The monoisotopic (exact) mass is 434 g/mol. The Morgan fingerprint density at radius 3 is 1.40 bits per heavy atom. The molecule has 0 heterocycles. The Hall–Kier alpha value is 2.78. The van der Waals surface area contributed by atoms with Crippen LogP contribution in [0.5, 0.6) is 0 Å². The van der Waals surface area contributed by atoms with E-state index in [-0.39, 0.29) is 48.0 Å². The second-order valence-electron chi connectivity index (χ2n) is 0.154. The quantitative estimate of drug-likeness (QED) is 0.336. The molecule has 0 bridgehead atoms. The summed E-state index contributed by atoms with van der Waals surface area (Å²) in [5.74, 6) is 0. The Labute approximate surface area is 99.3 Å². The molecule has 0 aliphatic carbocycles. The van der Waals surface area contributed by atoms with Crippen LogP contribution in [0.3, 0.4) is 0 Å². The summed E-state index contributed by atoms with van der Waals surface area (Å²) in [5, 5.41) is 0. The number of rotatable bonds is 0. The van der Waals surface area contributed by atoms with Crippen molar-refractivity contribution >= 4 is 0 Å². The molecule has 0 saturated heterocycles. The van der Waals surface area contributed by atoms with Gasteiger partial charge in [0.25, 0.3) is 0 Å². The molecule has 0 unspecified atom stereocenters. The first-order valence-electron chi connectivity index (χ1n) is 0.626. The van der Waals surface area contributed by atoms with Gasteiger partial charge in [-0.25, -0.2) is 0 Å². The van der Waals surface area contributed by atoms with Gasteiger partial charge in [0, 0.05) is 0 Å². The second-order valence-corrected chi connectivity index (χ2v) is 1.14. The Morgan fingerprint density at radius 2 is 1.40 bits per heavy atom. The van der Waals surface area contributed by atoms with Gasteiger partial charge in [-0.15, -0.1) is 0 Å². The maximum Gasteiger partial charge on any atom is -1.00 e. The Balaban J connectivity index is -0.0000000200. The minimum Gasteiger partial charge on any atom is -1.00 e. The smallest absolute Gasteiger partial charge is 1.00 e. The fraction of sp³-hybridized carbons (Fsp3) is 0. The minimum absolute atomic E-state index is 0. The van der Waals surface area contributed by atoms with E-state index in [4.69, 9.17) is 0 Å². The zero-order chi connectivity index (χ0) is 2.71. The van der Waals surface area contributed by atoms with E-state index in [2.05, 4.69) is 6.58 Å². The Bertz CT molecular complexity index is 15.1. The van der Waals surface area contributed by atoms with Gasteiger partial charge in [0.05, 0.1) is 0 Å². The summed E-state index contributed by atoms with van der Waals surface area (Å²) >= 11 is 1.59. The Kier molecular flexibility index (Phi) is 49.6. The maximum atomic E-state index is 3.39. The number of halogens is 2. The Morgan fingerprint density at radius 1 is 1.40 bits per heavy atom.